The van der Waals surface area contributed by atoms with Crippen molar-refractivity contribution in [2.75, 3.05) is 14.2 Å². The highest BCUT2D eigenvalue weighted by Gasteiger charge is 2.21. The molecule has 1 aliphatic rings. The van der Waals surface area contributed by atoms with Gasteiger partial charge >= 0.3 is 5.97 Å². The largest absolute Gasteiger partial charge is 0.497 e. The fourth-order valence-corrected chi connectivity index (χ4v) is 2.07. The lowest BCUT2D eigenvalue weighted by Crippen LogP contribution is -2.15. The van der Waals surface area contributed by atoms with Crippen LogP contribution in [0.2, 0.25) is 0 Å². The van der Waals surface area contributed by atoms with Crippen LogP contribution in [-0.4, -0.2) is 20.2 Å². The van der Waals surface area contributed by atoms with Gasteiger partial charge in [-0.2, -0.15) is 0 Å². The molecule has 0 saturated heterocycles. The molecule has 4 heteroatoms. The summed E-state index contributed by atoms with van der Waals surface area (Å²) in [4.78, 5) is 11.8. The number of benzene rings is 1. The Morgan fingerprint density at radius 2 is 1.95 bits per heavy atom. The Morgan fingerprint density at radius 3 is 2.58 bits per heavy atom. The summed E-state index contributed by atoms with van der Waals surface area (Å²) in [5, 5.41) is 0. The molecule has 0 atom stereocenters. The lowest BCUT2D eigenvalue weighted by molar-refractivity contribution is -0.149. The first-order valence-electron chi connectivity index (χ1n) is 6.27. The Balaban J connectivity index is 1.99. The first-order valence-corrected chi connectivity index (χ1v) is 6.27. The third-order valence-corrected chi connectivity index (χ3v) is 3.20. The number of rotatable bonds is 5. The molecule has 0 saturated carbocycles. The van der Waals surface area contributed by atoms with E-state index in [4.69, 9.17) is 14.2 Å². The van der Waals surface area contributed by atoms with E-state index >= 15 is 0 Å². The van der Waals surface area contributed by atoms with Crippen molar-refractivity contribution in [3.63, 3.8) is 0 Å². The van der Waals surface area contributed by atoms with Gasteiger partial charge in [0.2, 0.25) is 0 Å². The SMILES string of the molecule is COc1ccc(OC)c(COC(=O)C2CC=CC2)c1. The quantitative estimate of drug-likeness (QED) is 0.604. The molecule has 0 bridgehead atoms. The van der Waals surface area contributed by atoms with Crippen molar-refractivity contribution >= 4 is 5.97 Å². The summed E-state index contributed by atoms with van der Waals surface area (Å²) in [5.74, 6) is 1.22. The van der Waals surface area contributed by atoms with E-state index in [1.165, 1.54) is 0 Å². The van der Waals surface area contributed by atoms with Crippen LogP contribution in [0.4, 0.5) is 0 Å². The molecular weight excluding hydrogens is 244 g/mol. The molecule has 0 aliphatic heterocycles. The van der Waals surface area contributed by atoms with E-state index in [0.29, 0.717) is 5.75 Å². The molecule has 1 aromatic carbocycles. The Bertz CT molecular complexity index is 471. The van der Waals surface area contributed by atoms with Crippen molar-refractivity contribution < 1.29 is 19.0 Å². The van der Waals surface area contributed by atoms with Crippen molar-refractivity contribution in [3.8, 4) is 11.5 Å². The zero-order chi connectivity index (χ0) is 13.7. The van der Waals surface area contributed by atoms with Gasteiger partial charge in [0.25, 0.3) is 0 Å². The highest BCUT2D eigenvalue weighted by atomic mass is 16.5. The van der Waals surface area contributed by atoms with Crippen LogP contribution in [0.25, 0.3) is 0 Å². The van der Waals surface area contributed by atoms with Crippen LogP contribution in [0, 0.1) is 5.92 Å². The van der Waals surface area contributed by atoms with E-state index < -0.39 is 0 Å². The number of allylic oxidation sites excluding steroid dienone is 2. The lowest BCUT2D eigenvalue weighted by Gasteiger charge is -2.13. The third-order valence-electron chi connectivity index (χ3n) is 3.20. The molecule has 0 unspecified atom stereocenters. The van der Waals surface area contributed by atoms with Gasteiger partial charge in [0.15, 0.2) is 0 Å². The summed E-state index contributed by atoms with van der Waals surface area (Å²) >= 11 is 0. The Labute approximate surface area is 113 Å². The minimum atomic E-state index is -0.158. The van der Waals surface area contributed by atoms with E-state index in [-0.39, 0.29) is 18.5 Å². The van der Waals surface area contributed by atoms with Gasteiger partial charge in [-0.15, -0.1) is 0 Å². The van der Waals surface area contributed by atoms with E-state index in [1.54, 1.807) is 20.3 Å². The fourth-order valence-electron chi connectivity index (χ4n) is 2.07. The number of hydrogen-bond donors (Lipinski definition) is 0. The molecule has 0 aromatic heterocycles. The lowest BCUT2D eigenvalue weighted by atomic mass is 10.1. The van der Waals surface area contributed by atoms with Crippen LogP contribution in [0.3, 0.4) is 0 Å². The topological polar surface area (TPSA) is 44.8 Å². The molecule has 4 nitrogen and oxygen atoms in total. The van der Waals surface area contributed by atoms with Crippen LogP contribution < -0.4 is 9.47 Å². The second-order valence-electron chi connectivity index (χ2n) is 4.43. The van der Waals surface area contributed by atoms with Gasteiger partial charge < -0.3 is 14.2 Å². The van der Waals surface area contributed by atoms with Crippen LogP contribution >= 0.6 is 0 Å². The average molecular weight is 262 g/mol. The van der Waals surface area contributed by atoms with Crippen LogP contribution in [-0.2, 0) is 16.1 Å². The summed E-state index contributed by atoms with van der Waals surface area (Å²) < 4.78 is 15.7. The summed E-state index contributed by atoms with van der Waals surface area (Å²) in [7, 11) is 3.19. The summed E-state index contributed by atoms with van der Waals surface area (Å²) in [6.45, 7) is 0.204. The number of hydrogen-bond acceptors (Lipinski definition) is 4. The molecule has 2 rings (SSSR count). The summed E-state index contributed by atoms with van der Waals surface area (Å²) in [6.07, 6.45) is 5.57. The molecule has 1 aliphatic carbocycles. The highest BCUT2D eigenvalue weighted by Crippen LogP contribution is 2.26. The van der Waals surface area contributed by atoms with E-state index in [1.807, 2.05) is 24.3 Å². The molecule has 0 spiro atoms. The van der Waals surface area contributed by atoms with Gasteiger partial charge in [0.1, 0.15) is 18.1 Å². The number of carbonyl (C=O) groups is 1. The Hall–Kier alpha value is -1.97. The molecule has 0 fully saturated rings. The molecule has 0 radical (unpaired) electrons. The molecule has 1 aromatic rings. The van der Waals surface area contributed by atoms with Crippen LogP contribution in [0.15, 0.2) is 30.4 Å². The van der Waals surface area contributed by atoms with Crippen molar-refractivity contribution in [3.05, 3.63) is 35.9 Å². The van der Waals surface area contributed by atoms with Gasteiger partial charge in [-0.25, -0.2) is 0 Å². The van der Waals surface area contributed by atoms with E-state index in [9.17, 15) is 4.79 Å². The molecule has 19 heavy (non-hydrogen) atoms. The Kier molecular flexibility index (Phi) is 4.44. The normalized spacial score (nSPS) is 14.4. The number of methoxy groups -OCH3 is 2. The number of esters is 1. The van der Waals surface area contributed by atoms with E-state index in [2.05, 4.69) is 0 Å². The van der Waals surface area contributed by atoms with Crippen LogP contribution in [0.1, 0.15) is 18.4 Å². The maximum atomic E-state index is 11.8. The minimum absolute atomic E-state index is 0.0309. The van der Waals surface area contributed by atoms with Gasteiger partial charge in [-0.3, -0.25) is 4.79 Å². The average Bonchev–Trinajstić information content (AvgIpc) is 2.98. The molecular formula is C15H18O4. The standard InChI is InChI=1S/C15H18O4/c1-17-13-7-8-14(18-2)12(9-13)10-19-15(16)11-5-3-4-6-11/h3-4,7-9,11H,5-6,10H2,1-2H3. The van der Waals surface area contributed by atoms with Gasteiger partial charge in [0, 0.05) is 5.56 Å². The summed E-state index contributed by atoms with van der Waals surface area (Å²) in [5.41, 5.74) is 0.807. The second kappa shape index (κ2) is 6.27. The number of ether oxygens (including phenoxy) is 3. The Morgan fingerprint density at radius 1 is 1.21 bits per heavy atom. The molecule has 0 N–H and O–H groups in total. The fraction of sp³-hybridized carbons (Fsp3) is 0.400. The van der Waals surface area contributed by atoms with Gasteiger partial charge in [0.05, 0.1) is 20.1 Å². The maximum absolute atomic E-state index is 11.8. The van der Waals surface area contributed by atoms with Crippen molar-refractivity contribution in [2.45, 2.75) is 19.4 Å². The van der Waals surface area contributed by atoms with Crippen molar-refractivity contribution in [1.29, 1.82) is 0 Å². The van der Waals surface area contributed by atoms with Crippen molar-refractivity contribution in [2.24, 2.45) is 5.92 Å². The van der Waals surface area contributed by atoms with Gasteiger partial charge in [-0.1, -0.05) is 12.2 Å². The first-order chi connectivity index (χ1) is 9.24. The third kappa shape index (κ3) is 3.28. The zero-order valence-electron chi connectivity index (χ0n) is 11.2. The molecule has 0 heterocycles. The highest BCUT2D eigenvalue weighted by molar-refractivity contribution is 5.73. The monoisotopic (exact) mass is 262 g/mol. The number of carbonyl (C=O) groups excluding carboxylic acids is 1. The predicted molar refractivity (Wildman–Crippen MR) is 71.2 cm³/mol. The van der Waals surface area contributed by atoms with Gasteiger partial charge in [-0.05, 0) is 31.0 Å². The molecule has 0 amide bonds. The maximum Gasteiger partial charge on any atom is 0.309 e. The minimum Gasteiger partial charge on any atom is -0.497 e. The van der Waals surface area contributed by atoms with Crippen LogP contribution in [0.5, 0.6) is 11.5 Å². The zero-order valence-corrected chi connectivity index (χ0v) is 11.2. The smallest absolute Gasteiger partial charge is 0.309 e. The predicted octanol–water partition coefficient (Wildman–Crippen LogP) is 2.71. The second-order valence-corrected chi connectivity index (χ2v) is 4.43. The van der Waals surface area contributed by atoms with Crippen molar-refractivity contribution in [1.82, 2.24) is 0 Å². The van der Waals surface area contributed by atoms with E-state index in [0.717, 1.165) is 24.2 Å². The summed E-state index contributed by atoms with van der Waals surface area (Å²) in [6, 6.07) is 5.43. The first kappa shape index (κ1) is 13.5. The molecule has 102 valence electrons.